The van der Waals surface area contributed by atoms with Gasteiger partial charge in [0, 0.05) is 26.7 Å². The molecule has 5 nitrogen and oxygen atoms in total. The summed E-state index contributed by atoms with van der Waals surface area (Å²) >= 11 is 0. The summed E-state index contributed by atoms with van der Waals surface area (Å²) in [6.07, 6.45) is 0.483. The van der Waals surface area contributed by atoms with Gasteiger partial charge in [0.1, 0.15) is 11.6 Å². The zero-order valence-corrected chi connectivity index (χ0v) is 11.0. The van der Waals surface area contributed by atoms with Crippen molar-refractivity contribution >= 4 is 11.6 Å². The number of hydrogen-bond acceptors (Lipinski definition) is 5. The molecule has 1 aromatic heterocycles. The van der Waals surface area contributed by atoms with Gasteiger partial charge in [-0.05, 0) is 19.1 Å². The van der Waals surface area contributed by atoms with E-state index in [1.54, 1.807) is 7.11 Å². The number of methoxy groups -OCH3 is 1. The molecule has 18 heavy (non-hydrogen) atoms. The fraction of sp³-hybridized carbons (Fsp3) is 0.538. The van der Waals surface area contributed by atoms with Gasteiger partial charge in [-0.15, -0.1) is 0 Å². The second-order valence-corrected chi connectivity index (χ2v) is 3.80. The highest BCUT2D eigenvalue weighted by molar-refractivity contribution is 5.47. The Morgan fingerprint density at radius 1 is 1.44 bits per heavy atom. The average molecular weight is 248 g/mol. The lowest BCUT2D eigenvalue weighted by atomic mass is 10.3. The van der Waals surface area contributed by atoms with Gasteiger partial charge in [0.25, 0.3) is 0 Å². The van der Waals surface area contributed by atoms with Crippen molar-refractivity contribution in [1.29, 1.82) is 5.26 Å². The second kappa shape index (κ2) is 8.31. The van der Waals surface area contributed by atoms with E-state index >= 15 is 0 Å². The van der Waals surface area contributed by atoms with Crippen molar-refractivity contribution in [3.8, 4) is 6.07 Å². The van der Waals surface area contributed by atoms with E-state index in [4.69, 9.17) is 10.00 Å². The van der Waals surface area contributed by atoms with Crippen molar-refractivity contribution in [3.63, 3.8) is 0 Å². The summed E-state index contributed by atoms with van der Waals surface area (Å²) in [4.78, 5) is 6.58. The Bertz CT molecular complexity index is 389. The van der Waals surface area contributed by atoms with E-state index in [9.17, 15) is 0 Å². The van der Waals surface area contributed by atoms with E-state index in [-0.39, 0.29) is 0 Å². The highest BCUT2D eigenvalue weighted by Crippen LogP contribution is 2.14. The molecule has 0 aromatic carbocycles. The van der Waals surface area contributed by atoms with Crippen LogP contribution in [0.15, 0.2) is 18.2 Å². The van der Waals surface area contributed by atoms with E-state index in [0.717, 1.165) is 24.7 Å². The number of pyridine rings is 1. The third-order valence-electron chi connectivity index (χ3n) is 2.48. The molecular formula is C13H20N4O. The van der Waals surface area contributed by atoms with Crippen molar-refractivity contribution in [1.82, 2.24) is 4.98 Å². The van der Waals surface area contributed by atoms with E-state index in [2.05, 4.69) is 21.3 Å². The first-order valence-electron chi connectivity index (χ1n) is 6.13. The lowest BCUT2D eigenvalue weighted by Gasteiger charge is -2.22. The molecule has 0 saturated carbocycles. The molecule has 98 valence electrons. The van der Waals surface area contributed by atoms with Crippen LogP contribution >= 0.6 is 0 Å². The molecule has 0 unspecified atom stereocenters. The number of anilines is 2. The lowest BCUT2D eigenvalue weighted by Crippen LogP contribution is -2.29. The Morgan fingerprint density at radius 2 is 2.28 bits per heavy atom. The summed E-state index contributed by atoms with van der Waals surface area (Å²) in [5.41, 5.74) is 0. The normalized spacial score (nSPS) is 9.83. The topological polar surface area (TPSA) is 61.2 Å². The highest BCUT2D eigenvalue weighted by atomic mass is 16.5. The van der Waals surface area contributed by atoms with E-state index in [1.165, 1.54) is 0 Å². The number of nitrogens with one attached hydrogen (secondary N) is 1. The van der Waals surface area contributed by atoms with E-state index in [1.807, 2.05) is 25.1 Å². The number of rotatable bonds is 8. The van der Waals surface area contributed by atoms with Crippen LogP contribution in [0.5, 0.6) is 0 Å². The van der Waals surface area contributed by atoms with Crippen LogP contribution in [0, 0.1) is 11.3 Å². The first kappa shape index (κ1) is 14.3. The number of nitrogens with zero attached hydrogens (tertiary/aromatic N) is 3. The van der Waals surface area contributed by atoms with Gasteiger partial charge in [-0.25, -0.2) is 4.98 Å². The predicted octanol–water partition coefficient (Wildman–Crippen LogP) is 1.88. The van der Waals surface area contributed by atoms with Gasteiger partial charge in [0.15, 0.2) is 0 Å². The molecule has 1 heterocycles. The Hall–Kier alpha value is -1.80. The molecule has 0 bridgehead atoms. The Balaban J connectivity index is 2.75. The van der Waals surface area contributed by atoms with Crippen molar-refractivity contribution in [2.75, 3.05) is 43.6 Å². The standard InChI is InChI=1S/C13H20N4O/c1-3-15-12-6-4-7-13(16-12)17(9-5-8-14)10-11-18-2/h4,6-7H,3,5,9-11H2,1-2H3,(H,15,16). The molecule has 0 spiro atoms. The minimum absolute atomic E-state index is 0.483. The summed E-state index contributed by atoms with van der Waals surface area (Å²) in [5.74, 6) is 1.73. The fourth-order valence-corrected chi connectivity index (χ4v) is 1.61. The fourth-order valence-electron chi connectivity index (χ4n) is 1.61. The molecule has 0 radical (unpaired) electrons. The quantitative estimate of drug-likeness (QED) is 0.761. The van der Waals surface area contributed by atoms with Gasteiger partial charge < -0.3 is 15.0 Å². The van der Waals surface area contributed by atoms with Gasteiger partial charge in [-0.2, -0.15) is 5.26 Å². The molecule has 1 aromatic rings. The largest absolute Gasteiger partial charge is 0.383 e. The van der Waals surface area contributed by atoms with Crippen LogP contribution in [0.1, 0.15) is 13.3 Å². The van der Waals surface area contributed by atoms with Crippen LogP contribution in [0.25, 0.3) is 0 Å². The molecule has 0 aliphatic heterocycles. The molecule has 1 rings (SSSR count). The molecule has 0 fully saturated rings. The smallest absolute Gasteiger partial charge is 0.131 e. The Labute approximate surface area is 108 Å². The number of aromatic nitrogens is 1. The lowest BCUT2D eigenvalue weighted by molar-refractivity contribution is 0.205. The van der Waals surface area contributed by atoms with Gasteiger partial charge in [0.2, 0.25) is 0 Å². The van der Waals surface area contributed by atoms with Crippen LogP contribution in [0.4, 0.5) is 11.6 Å². The number of hydrogen-bond donors (Lipinski definition) is 1. The third kappa shape index (κ3) is 4.60. The number of nitriles is 1. The first-order valence-corrected chi connectivity index (χ1v) is 6.13. The van der Waals surface area contributed by atoms with Gasteiger partial charge in [0.05, 0.1) is 19.1 Å². The number of ether oxygens (including phenoxy) is 1. The SMILES string of the molecule is CCNc1cccc(N(CCC#N)CCOC)n1. The maximum absolute atomic E-state index is 8.69. The summed E-state index contributed by atoms with van der Waals surface area (Å²) < 4.78 is 5.08. The molecular weight excluding hydrogens is 228 g/mol. The average Bonchev–Trinajstić information content (AvgIpc) is 2.40. The third-order valence-corrected chi connectivity index (χ3v) is 2.48. The van der Waals surface area contributed by atoms with Crippen LogP contribution in [0.3, 0.4) is 0 Å². The van der Waals surface area contributed by atoms with Crippen molar-refractivity contribution in [2.45, 2.75) is 13.3 Å². The van der Waals surface area contributed by atoms with Gasteiger partial charge in [-0.1, -0.05) is 6.07 Å². The van der Waals surface area contributed by atoms with Crippen molar-refractivity contribution < 1.29 is 4.74 Å². The van der Waals surface area contributed by atoms with Gasteiger partial charge >= 0.3 is 0 Å². The molecule has 0 aliphatic rings. The second-order valence-electron chi connectivity index (χ2n) is 3.80. The Morgan fingerprint density at radius 3 is 2.94 bits per heavy atom. The highest BCUT2D eigenvalue weighted by Gasteiger charge is 2.07. The van der Waals surface area contributed by atoms with Crippen LogP contribution in [-0.2, 0) is 4.74 Å². The predicted molar refractivity (Wildman–Crippen MR) is 72.7 cm³/mol. The molecule has 5 heteroatoms. The minimum Gasteiger partial charge on any atom is -0.383 e. The van der Waals surface area contributed by atoms with Crippen molar-refractivity contribution in [3.05, 3.63) is 18.2 Å². The molecule has 0 amide bonds. The summed E-state index contributed by atoms with van der Waals surface area (Å²) in [5, 5.41) is 11.9. The Kier molecular flexibility index (Phi) is 6.59. The van der Waals surface area contributed by atoms with E-state index < -0.39 is 0 Å². The van der Waals surface area contributed by atoms with E-state index in [0.29, 0.717) is 19.6 Å². The first-order chi connectivity index (χ1) is 8.81. The molecule has 0 atom stereocenters. The minimum atomic E-state index is 0.483. The van der Waals surface area contributed by atoms with Crippen LogP contribution in [0.2, 0.25) is 0 Å². The van der Waals surface area contributed by atoms with Gasteiger partial charge in [-0.3, -0.25) is 0 Å². The molecule has 0 saturated heterocycles. The van der Waals surface area contributed by atoms with Crippen LogP contribution < -0.4 is 10.2 Å². The summed E-state index contributed by atoms with van der Waals surface area (Å²) in [7, 11) is 1.67. The zero-order chi connectivity index (χ0) is 13.2. The van der Waals surface area contributed by atoms with Crippen molar-refractivity contribution in [2.24, 2.45) is 0 Å². The monoisotopic (exact) mass is 248 g/mol. The molecule has 1 N–H and O–H groups in total. The van der Waals surface area contributed by atoms with Crippen LogP contribution in [-0.4, -0.2) is 38.3 Å². The molecule has 0 aliphatic carbocycles. The maximum atomic E-state index is 8.69. The zero-order valence-electron chi connectivity index (χ0n) is 11.0. The summed E-state index contributed by atoms with van der Waals surface area (Å²) in [6, 6.07) is 8.01. The maximum Gasteiger partial charge on any atom is 0.131 e. The summed E-state index contributed by atoms with van der Waals surface area (Å²) in [6.45, 7) is 4.90.